The topological polar surface area (TPSA) is 38.9 Å². The number of hydrogen-bond donors (Lipinski definition) is 1. The second-order valence-electron chi connectivity index (χ2n) is 4.69. The minimum absolute atomic E-state index is 0.244. The molecule has 0 atom stereocenters. The molecular formula is C14H21N2. The average Bonchev–Trinajstić information content (AvgIpc) is 2.37. The van der Waals surface area contributed by atoms with Crippen LogP contribution in [-0.2, 0) is 12.0 Å². The van der Waals surface area contributed by atoms with Crippen molar-refractivity contribution in [3.05, 3.63) is 35.5 Å². The highest BCUT2D eigenvalue weighted by Crippen LogP contribution is 2.28. The lowest BCUT2D eigenvalue weighted by molar-refractivity contribution is 0.399. The zero-order chi connectivity index (χ0) is 11.6. The fraction of sp³-hybridized carbons (Fsp3) is 0.571. The van der Waals surface area contributed by atoms with E-state index in [1.165, 1.54) is 24.1 Å². The Morgan fingerprint density at radius 2 is 2.06 bits per heavy atom. The predicted molar refractivity (Wildman–Crippen MR) is 67.0 cm³/mol. The summed E-state index contributed by atoms with van der Waals surface area (Å²) in [6.07, 6.45) is 7.68. The number of pyridine rings is 1. The van der Waals surface area contributed by atoms with E-state index in [0.29, 0.717) is 0 Å². The molecule has 0 spiro atoms. The van der Waals surface area contributed by atoms with Crippen LogP contribution in [-0.4, -0.2) is 4.98 Å². The zero-order valence-electron chi connectivity index (χ0n) is 10.3. The van der Waals surface area contributed by atoms with Crippen molar-refractivity contribution >= 4 is 0 Å². The fourth-order valence-electron chi connectivity index (χ4n) is 2.31. The van der Waals surface area contributed by atoms with E-state index >= 15 is 0 Å². The lowest BCUT2D eigenvalue weighted by Gasteiger charge is -2.27. The molecule has 1 aromatic rings. The number of aryl methyl sites for hydroxylation is 1. The maximum absolute atomic E-state index is 6.38. The first-order valence-corrected chi connectivity index (χ1v) is 6.32. The van der Waals surface area contributed by atoms with E-state index in [9.17, 15) is 0 Å². The Labute approximate surface area is 98.3 Å². The van der Waals surface area contributed by atoms with Crippen LogP contribution in [0.5, 0.6) is 0 Å². The lowest BCUT2D eigenvalue weighted by atomic mass is 9.88. The third kappa shape index (κ3) is 1.99. The summed E-state index contributed by atoms with van der Waals surface area (Å²) in [4.78, 5) is 4.77. The van der Waals surface area contributed by atoms with Gasteiger partial charge in [0.25, 0.3) is 0 Å². The summed E-state index contributed by atoms with van der Waals surface area (Å²) in [6, 6.07) is 4.29. The molecule has 0 unspecified atom stereocenters. The molecule has 0 saturated heterocycles. The zero-order valence-corrected chi connectivity index (χ0v) is 10.3. The first-order chi connectivity index (χ1) is 7.69. The number of aromatic nitrogens is 1. The normalized spacial score (nSPS) is 15.9. The van der Waals surface area contributed by atoms with Crippen LogP contribution in [0.1, 0.15) is 56.5 Å². The number of hydrogen-bond acceptors (Lipinski definition) is 2. The van der Waals surface area contributed by atoms with Gasteiger partial charge in [-0.25, -0.2) is 0 Å². The molecule has 1 radical (unpaired) electrons. The molecule has 87 valence electrons. The van der Waals surface area contributed by atoms with Gasteiger partial charge in [0.05, 0.1) is 11.2 Å². The largest absolute Gasteiger partial charge is 0.320 e. The summed E-state index contributed by atoms with van der Waals surface area (Å²) in [6.45, 7) is 4.27. The molecular weight excluding hydrogens is 196 g/mol. The second kappa shape index (κ2) is 4.54. The molecule has 16 heavy (non-hydrogen) atoms. The number of fused-ring (bicyclic) bond motifs is 1. The summed E-state index contributed by atoms with van der Waals surface area (Å²) in [7, 11) is 0. The van der Waals surface area contributed by atoms with Crippen molar-refractivity contribution in [2.45, 2.75) is 51.5 Å². The van der Waals surface area contributed by atoms with Crippen LogP contribution in [0.4, 0.5) is 0 Å². The minimum atomic E-state index is -0.244. The molecule has 0 aliphatic heterocycles. The molecule has 1 aliphatic rings. The van der Waals surface area contributed by atoms with E-state index in [-0.39, 0.29) is 5.54 Å². The van der Waals surface area contributed by atoms with Crippen LogP contribution in [0, 0.1) is 6.42 Å². The predicted octanol–water partition coefficient (Wildman–Crippen LogP) is 2.94. The third-order valence-corrected chi connectivity index (χ3v) is 3.76. The van der Waals surface area contributed by atoms with Crippen molar-refractivity contribution in [3.63, 3.8) is 0 Å². The lowest BCUT2D eigenvalue weighted by Crippen LogP contribution is -2.36. The summed E-state index contributed by atoms with van der Waals surface area (Å²) < 4.78 is 0. The van der Waals surface area contributed by atoms with Crippen LogP contribution >= 0.6 is 0 Å². The van der Waals surface area contributed by atoms with E-state index in [1.54, 1.807) is 0 Å². The molecule has 0 fully saturated rings. The number of rotatable bonds is 3. The van der Waals surface area contributed by atoms with Gasteiger partial charge in [0, 0.05) is 5.69 Å². The summed E-state index contributed by atoms with van der Waals surface area (Å²) in [5, 5.41) is 0. The molecule has 2 rings (SSSR count). The highest BCUT2D eigenvalue weighted by atomic mass is 14.8. The van der Waals surface area contributed by atoms with E-state index in [0.717, 1.165) is 25.0 Å². The van der Waals surface area contributed by atoms with Crippen LogP contribution in [0.2, 0.25) is 0 Å². The molecule has 0 aromatic carbocycles. The average molecular weight is 217 g/mol. The second-order valence-corrected chi connectivity index (χ2v) is 4.69. The molecule has 0 saturated carbocycles. The maximum Gasteiger partial charge on any atom is 0.0605 e. The van der Waals surface area contributed by atoms with Crippen LogP contribution in [0.15, 0.2) is 12.1 Å². The van der Waals surface area contributed by atoms with Crippen molar-refractivity contribution in [1.29, 1.82) is 0 Å². The van der Waals surface area contributed by atoms with Gasteiger partial charge in [-0.15, -0.1) is 0 Å². The van der Waals surface area contributed by atoms with Crippen molar-refractivity contribution in [2.24, 2.45) is 5.73 Å². The van der Waals surface area contributed by atoms with Crippen molar-refractivity contribution in [2.75, 3.05) is 0 Å². The summed E-state index contributed by atoms with van der Waals surface area (Å²) in [5.74, 6) is 0. The Hall–Kier alpha value is -0.890. The van der Waals surface area contributed by atoms with E-state index in [4.69, 9.17) is 10.7 Å². The number of nitrogens with zero attached hydrogens (tertiary/aromatic N) is 1. The van der Waals surface area contributed by atoms with Gasteiger partial charge >= 0.3 is 0 Å². The molecule has 0 amide bonds. The van der Waals surface area contributed by atoms with E-state index in [2.05, 4.69) is 32.4 Å². The van der Waals surface area contributed by atoms with Gasteiger partial charge in [0.15, 0.2) is 0 Å². The van der Waals surface area contributed by atoms with Crippen LogP contribution in [0.25, 0.3) is 0 Å². The van der Waals surface area contributed by atoms with Crippen LogP contribution < -0.4 is 5.73 Å². The fourth-order valence-corrected chi connectivity index (χ4v) is 2.31. The highest BCUT2D eigenvalue weighted by molar-refractivity contribution is 5.33. The molecule has 2 heteroatoms. The standard InChI is InChI=1S/C14H21N2/c1-3-14(15,4-2)13-10-9-11-7-5-6-8-12(11)16-13/h7,9-10H,3-6,8,15H2,1-2H3. The molecule has 2 N–H and O–H groups in total. The molecule has 2 nitrogen and oxygen atoms in total. The Kier molecular flexibility index (Phi) is 3.29. The van der Waals surface area contributed by atoms with Gasteiger partial charge in [-0.1, -0.05) is 19.9 Å². The third-order valence-electron chi connectivity index (χ3n) is 3.76. The van der Waals surface area contributed by atoms with Gasteiger partial charge in [-0.2, -0.15) is 0 Å². The first-order valence-electron chi connectivity index (χ1n) is 6.32. The number of nitrogens with two attached hydrogens (primary N) is 1. The summed E-state index contributed by atoms with van der Waals surface area (Å²) in [5.41, 5.74) is 9.74. The Morgan fingerprint density at radius 3 is 2.75 bits per heavy atom. The summed E-state index contributed by atoms with van der Waals surface area (Å²) >= 11 is 0. The smallest absolute Gasteiger partial charge is 0.0605 e. The Balaban J connectivity index is 2.36. The van der Waals surface area contributed by atoms with Gasteiger partial charge in [0.1, 0.15) is 0 Å². The van der Waals surface area contributed by atoms with Gasteiger partial charge in [-0.05, 0) is 50.2 Å². The van der Waals surface area contributed by atoms with Gasteiger partial charge in [-0.3, -0.25) is 4.98 Å². The quantitative estimate of drug-likeness (QED) is 0.845. The SMILES string of the molecule is CCC(N)(CC)c1ccc2c(n1)CCC[CH]2. The Morgan fingerprint density at radius 1 is 1.31 bits per heavy atom. The van der Waals surface area contributed by atoms with Gasteiger partial charge in [0.2, 0.25) is 0 Å². The first kappa shape index (κ1) is 11.6. The molecule has 1 heterocycles. The maximum atomic E-state index is 6.38. The minimum Gasteiger partial charge on any atom is -0.320 e. The van der Waals surface area contributed by atoms with Crippen LogP contribution in [0.3, 0.4) is 0 Å². The van der Waals surface area contributed by atoms with Crippen molar-refractivity contribution in [3.8, 4) is 0 Å². The highest BCUT2D eigenvalue weighted by Gasteiger charge is 2.25. The molecule has 0 bridgehead atoms. The van der Waals surface area contributed by atoms with Gasteiger partial charge < -0.3 is 5.73 Å². The van der Waals surface area contributed by atoms with Crippen molar-refractivity contribution in [1.82, 2.24) is 4.98 Å². The van der Waals surface area contributed by atoms with E-state index in [1.807, 2.05) is 0 Å². The molecule has 1 aromatic heterocycles. The molecule has 1 aliphatic carbocycles. The monoisotopic (exact) mass is 217 g/mol. The van der Waals surface area contributed by atoms with E-state index < -0.39 is 0 Å². The Bertz CT molecular complexity index is 367. The van der Waals surface area contributed by atoms with Crippen molar-refractivity contribution < 1.29 is 0 Å².